The van der Waals surface area contributed by atoms with Gasteiger partial charge in [-0.3, -0.25) is 9.48 Å². The number of nitrogens with one attached hydrogen (secondary N) is 1. The quantitative estimate of drug-likeness (QED) is 0.881. The van der Waals surface area contributed by atoms with Gasteiger partial charge in [-0.2, -0.15) is 5.10 Å². The Hall–Kier alpha value is -2.10. The molecule has 2 aliphatic rings. The van der Waals surface area contributed by atoms with Gasteiger partial charge in [-0.05, 0) is 57.7 Å². The molecule has 24 heavy (non-hydrogen) atoms. The lowest BCUT2D eigenvalue weighted by Crippen LogP contribution is -2.28. The van der Waals surface area contributed by atoms with Crippen molar-refractivity contribution in [3.8, 4) is 0 Å². The zero-order valence-electron chi connectivity index (χ0n) is 14.5. The van der Waals surface area contributed by atoms with Crippen molar-refractivity contribution in [2.75, 3.05) is 6.54 Å². The van der Waals surface area contributed by atoms with Crippen LogP contribution >= 0.6 is 0 Å². The predicted molar refractivity (Wildman–Crippen MR) is 94.4 cm³/mol. The van der Waals surface area contributed by atoms with Crippen molar-refractivity contribution in [2.45, 2.75) is 57.9 Å². The van der Waals surface area contributed by atoms with E-state index in [9.17, 15) is 4.79 Å². The normalized spacial score (nSPS) is 17.1. The minimum Gasteiger partial charge on any atom is -0.350 e. The van der Waals surface area contributed by atoms with Crippen LogP contribution in [0.25, 0.3) is 0 Å². The second-order valence-electron chi connectivity index (χ2n) is 7.40. The number of nitrogens with zero attached hydrogens (tertiary/aromatic N) is 2. The van der Waals surface area contributed by atoms with Crippen LogP contribution in [0.15, 0.2) is 24.3 Å². The SMILES string of the molecule is Cc1cc(C)cc(C(=O)NCCn2nc(C3CC3)cc2C2CC2)c1. The van der Waals surface area contributed by atoms with E-state index in [1.54, 1.807) is 0 Å². The fraction of sp³-hybridized carbons (Fsp3) is 0.500. The number of carbonyl (C=O) groups is 1. The highest BCUT2D eigenvalue weighted by molar-refractivity contribution is 5.94. The maximum atomic E-state index is 12.4. The average Bonchev–Trinajstić information content (AvgIpc) is 3.45. The highest BCUT2D eigenvalue weighted by Crippen LogP contribution is 2.44. The van der Waals surface area contributed by atoms with Crippen LogP contribution in [0.3, 0.4) is 0 Å². The Morgan fingerprint density at radius 3 is 2.38 bits per heavy atom. The van der Waals surface area contributed by atoms with Crippen LogP contribution in [0.4, 0.5) is 0 Å². The maximum Gasteiger partial charge on any atom is 0.251 e. The second-order valence-corrected chi connectivity index (χ2v) is 7.40. The van der Waals surface area contributed by atoms with Crippen molar-refractivity contribution in [2.24, 2.45) is 0 Å². The minimum absolute atomic E-state index is 0.00402. The predicted octanol–water partition coefficient (Wildman–Crippen LogP) is 3.68. The molecule has 0 spiro atoms. The summed E-state index contributed by atoms with van der Waals surface area (Å²) in [5.74, 6) is 1.39. The lowest BCUT2D eigenvalue weighted by Gasteiger charge is -2.09. The topological polar surface area (TPSA) is 46.9 Å². The Labute approximate surface area is 143 Å². The summed E-state index contributed by atoms with van der Waals surface area (Å²) in [5, 5.41) is 7.84. The third-order valence-electron chi connectivity index (χ3n) is 4.91. The van der Waals surface area contributed by atoms with Gasteiger partial charge in [-0.15, -0.1) is 0 Å². The van der Waals surface area contributed by atoms with Gasteiger partial charge in [0.2, 0.25) is 0 Å². The molecular formula is C20H25N3O. The summed E-state index contributed by atoms with van der Waals surface area (Å²) in [6.07, 6.45) is 5.13. The number of hydrogen-bond donors (Lipinski definition) is 1. The molecule has 1 amide bonds. The van der Waals surface area contributed by atoms with E-state index < -0.39 is 0 Å². The molecule has 0 aliphatic heterocycles. The van der Waals surface area contributed by atoms with Crippen molar-refractivity contribution >= 4 is 5.91 Å². The first kappa shape index (κ1) is 15.4. The number of rotatable bonds is 6. The van der Waals surface area contributed by atoms with E-state index in [0.717, 1.165) is 23.2 Å². The van der Waals surface area contributed by atoms with Gasteiger partial charge in [-0.25, -0.2) is 0 Å². The zero-order valence-corrected chi connectivity index (χ0v) is 14.5. The molecule has 2 fully saturated rings. The van der Waals surface area contributed by atoms with Gasteiger partial charge in [0.1, 0.15) is 0 Å². The van der Waals surface area contributed by atoms with Gasteiger partial charge in [0.25, 0.3) is 5.91 Å². The molecule has 1 N–H and O–H groups in total. The molecule has 2 aliphatic carbocycles. The number of amides is 1. The highest BCUT2D eigenvalue weighted by atomic mass is 16.1. The Bertz CT molecular complexity index is 749. The third-order valence-corrected chi connectivity index (χ3v) is 4.91. The molecular weight excluding hydrogens is 298 g/mol. The average molecular weight is 323 g/mol. The molecule has 1 aromatic heterocycles. The van der Waals surface area contributed by atoms with E-state index in [1.807, 2.05) is 26.0 Å². The Morgan fingerprint density at radius 2 is 1.75 bits per heavy atom. The lowest BCUT2D eigenvalue weighted by atomic mass is 10.1. The maximum absolute atomic E-state index is 12.4. The van der Waals surface area contributed by atoms with E-state index in [0.29, 0.717) is 18.4 Å². The van der Waals surface area contributed by atoms with Gasteiger partial charge in [0, 0.05) is 29.6 Å². The van der Waals surface area contributed by atoms with Gasteiger partial charge < -0.3 is 5.32 Å². The molecule has 0 saturated heterocycles. The van der Waals surface area contributed by atoms with E-state index >= 15 is 0 Å². The summed E-state index contributed by atoms with van der Waals surface area (Å²) in [6.45, 7) is 5.43. The van der Waals surface area contributed by atoms with Crippen LogP contribution in [0, 0.1) is 13.8 Å². The molecule has 4 heteroatoms. The van der Waals surface area contributed by atoms with Crippen molar-refractivity contribution in [1.82, 2.24) is 15.1 Å². The summed E-state index contributed by atoms with van der Waals surface area (Å²) in [5.41, 5.74) is 5.62. The van der Waals surface area contributed by atoms with Crippen LogP contribution in [0.1, 0.15) is 70.4 Å². The van der Waals surface area contributed by atoms with E-state index in [-0.39, 0.29) is 5.91 Å². The number of carbonyl (C=O) groups excluding carboxylic acids is 1. The summed E-state index contributed by atoms with van der Waals surface area (Å²) < 4.78 is 2.13. The van der Waals surface area contributed by atoms with Crippen molar-refractivity contribution < 1.29 is 4.79 Å². The molecule has 0 bridgehead atoms. The molecule has 1 heterocycles. The van der Waals surface area contributed by atoms with Crippen LogP contribution in [0.5, 0.6) is 0 Å². The molecule has 4 nitrogen and oxygen atoms in total. The number of aryl methyl sites for hydroxylation is 2. The zero-order chi connectivity index (χ0) is 16.7. The summed E-state index contributed by atoms with van der Waals surface area (Å²) in [4.78, 5) is 12.4. The Kier molecular flexibility index (Phi) is 3.91. The second kappa shape index (κ2) is 6.08. The Morgan fingerprint density at radius 1 is 1.08 bits per heavy atom. The highest BCUT2D eigenvalue weighted by Gasteiger charge is 2.32. The first-order valence-electron chi connectivity index (χ1n) is 9.04. The van der Waals surface area contributed by atoms with Crippen molar-refractivity contribution in [3.05, 3.63) is 52.3 Å². The third kappa shape index (κ3) is 3.37. The van der Waals surface area contributed by atoms with E-state index in [2.05, 4.69) is 22.1 Å². The van der Waals surface area contributed by atoms with Crippen LogP contribution in [0.2, 0.25) is 0 Å². The largest absolute Gasteiger partial charge is 0.350 e. The fourth-order valence-corrected chi connectivity index (χ4v) is 3.40. The minimum atomic E-state index is 0.00402. The lowest BCUT2D eigenvalue weighted by molar-refractivity contribution is 0.0951. The van der Waals surface area contributed by atoms with Gasteiger partial charge in [0.05, 0.1) is 12.2 Å². The Balaban J connectivity index is 1.39. The monoisotopic (exact) mass is 323 g/mol. The number of benzene rings is 1. The van der Waals surface area contributed by atoms with Crippen LogP contribution < -0.4 is 5.32 Å². The van der Waals surface area contributed by atoms with Gasteiger partial charge in [0.15, 0.2) is 0 Å². The summed E-state index contributed by atoms with van der Waals surface area (Å²) >= 11 is 0. The fourth-order valence-electron chi connectivity index (χ4n) is 3.40. The molecule has 2 aromatic rings. The van der Waals surface area contributed by atoms with Gasteiger partial charge in [-0.1, -0.05) is 17.2 Å². The molecule has 126 valence electrons. The molecule has 1 aromatic carbocycles. The molecule has 4 rings (SSSR count). The number of aromatic nitrogens is 2. The molecule has 0 atom stereocenters. The summed E-state index contributed by atoms with van der Waals surface area (Å²) in [7, 11) is 0. The molecule has 0 radical (unpaired) electrons. The summed E-state index contributed by atoms with van der Waals surface area (Å²) in [6, 6.07) is 8.27. The van der Waals surface area contributed by atoms with Crippen LogP contribution in [-0.2, 0) is 6.54 Å². The number of hydrogen-bond acceptors (Lipinski definition) is 2. The van der Waals surface area contributed by atoms with Crippen molar-refractivity contribution in [3.63, 3.8) is 0 Å². The van der Waals surface area contributed by atoms with Crippen molar-refractivity contribution in [1.29, 1.82) is 0 Å². The smallest absolute Gasteiger partial charge is 0.251 e. The molecule has 2 saturated carbocycles. The van der Waals surface area contributed by atoms with Crippen LogP contribution in [-0.4, -0.2) is 22.2 Å². The molecule has 0 unspecified atom stereocenters. The van der Waals surface area contributed by atoms with E-state index in [4.69, 9.17) is 5.10 Å². The standard InChI is InChI=1S/C20H25N3O/c1-13-9-14(2)11-17(10-13)20(24)21-7-8-23-19(16-5-6-16)12-18(22-23)15-3-4-15/h9-12,15-16H,3-8H2,1-2H3,(H,21,24). The van der Waals surface area contributed by atoms with Gasteiger partial charge >= 0.3 is 0 Å². The first-order chi connectivity index (χ1) is 11.6. The first-order valence-corrected chi connectivity index (χ1v) is 9.04. The van der Waals surface area contributed by atoms with E-state index in [1.165, 1.54) is 37.1 Å².